The second-order valence-electron chi connectivity index (χ2n) is 20.0. The molecule has 16 heteroatoms. The predicted octanol–water partition coefficient (Wildman–Crippen LogP) is 8.57. The summed E-state index contributed by atoms with van der Waals surface area (Å²) >= 11 is 6.70. The number of ether oxygens (including phenoxy) is 3. The number of piperidine rings is 3. The van der Waals surface area contributed by atoms with Crippen LogP contribution in [0.1, 0.15) is 105 Å². The van der Waals surface area contributed by atoms with Crippen molar-refractivity contribution in [2.24, 2.45) is 23.5 Å². The molecule has 4 aromatic carbocycles. The van der Waals surface area contributed by atoms with E-state index in [-0.39, 0.29) is 81.7 Å². The summed E-state index contributed by atoms with van der Waals surface area (Å²) in [7, 11) is 1.30. The van der Waals surface area contributed by atoms with Gasteiger partial charge in [0.25, 0.3) is 5.91 Å². The Morgan fingerprint density at radius 3 is 2.14 bits per heavy atom. The summed E-state index contributed by atoms with van der Waals surface area (Å²) in [5.41, 5.74) is 6.23. The molecule has 2 atom stereocenters. The molecule has 4 fully saturated rings. The van der Waals surface area contributed by atoms with Crippen LogP contribution < -0.4 is 30.2 Å². The van der Waals surface area contributed by atoms with E-state index in [9.17, 15) is 24.0 Å². The Labute approximate surface area is 418 Å². The van der Waals surface area contributed by atoms with Gasteiger partial charge in [0.1, 0.15) is 23.1 Å². The zero-order valence-electron chi connectivity index (χ0n) is 40.4. The Morgan fingerprint density at radius 1 is 0.845 bits per heavy atom. The lowest BCUT2D eigenvalue weighted by atomic mass is 9.77. The summed E-state index contributed by atoms with van der Waals surface area (Å²) < 4.78 is 49.9. The van der Waals surface area contributed by atoms with Gasteiger partial charge in [-0.2, -0.15) is 0 Å². The summed E-state index contributed by atoms with van der Waals surface area (Å²) in [6.45, 7) is 5.48. The van der Waals surface area contributed by atoms with E-state index in [0.717, 1.165) is 76.4 Å². The van der Waals surface area contributed by atoms with E-state index in [1.807, 2.05) is 42.2 Å². The number of likely N-dealkylation sites (tertiary alicyclic amines) is 2. The molecule has 1 aliphatic carbocycles. The number of halogens is 3. The Hall–Kier alpha value is -6.06. The molecule has 3 saturated heterocycles. The number of nitrogens with two attached hydrogens (primary N) is 1. The first kappa shape index (κ1) is 49.9. The van der Waals surface area contributed by atoms with E-state index in [4.69, 9.17) is 31.5 Å². The summed E-state index contributed by atoms with van der Waals surface area (Å²) in [6.07, 6.45) is 8.31. The number of nitrogens with one attached hydrogen (secondary N) is 1. The van der Waals surface area contributed by atoms with Crippen molar-refractivity contribution in [2.45, 2.75) is 95.1 Å². The molecule has 9 rings (SSSR count). The van der Waals surface area contributed by atoms with Gasteiger partial charge in [-0.1, -0.05) is 48.9 Å². The summed E-state index contributed by atoms with van der Waals surface area (Å²) in [6, 6.07) is 20.6. The molecule has 4 aromatic rings. The van der Waals surface area contributed by atoms with Crippen molar-refractivity contribution in [2.75, 3.05) is 57.9 Å². The zero-order valence-corrected chi connectivity index (χ0v) is 41.1. The van der Waals surface area contributed by atoms with E-state index in [1.54, 1.807) is 29.2 Å². The highest BCUT2D eigenvalue weighted by Crippen LogP contribution is 2.56. The number of Topliss-reactive ketones (excluding diaryl/α,β-unsaturated/α-hetero) is 1. The minimum atomic E-state index is -1.07. The summed E-state index contributed by atoms with van der Waals surface area (Å²) in [5.74, 6) is -1.57. The van der Waals surface area contributed by atoms with Crippen molar-refractivity contribution in [1.29, 1.82) is 0 Å². The number of carbonyl (C=O) groups excluding carboxylic acids is 5. The lowest BCUT2D eigenvalue weighted by Gasteiger charge is -2.39. The van der Waals surface area contributed by atoms with Crippen LogP contribution >= 0.6 is 11.6 Å². The molecule has 0 unspecified atom stereocenters. The Morgan fingerprint density at radius 2 is 1.51 bits per heavy atom. The van der Waals surface area contributed by atoms with E-state index in [2.05, 4.69) is 10.2 Å². The number of hydrogen-bond donors (Lipinski definition) is 2. The molecule has 0 aromatic heterocycles. The summed E-state index contributed by atoms with van der Waals surface area (Å²) in [4.78, 5) is 69.1. The van der Waals surface area contributed by atoms with E-state index in [1.165, 1.54) is 25.3 Å². The molecule has 0 bridgehead atoms. The minimum Gasteiger partial charge on any atom is -0.494 e. The zero-order chi connectivity index (χ0) is 50.0. The standard InChI is InChI=1S/C55H62ClF2N5O8/c1-33-48-45(30-43(57)51(56)50(48)49-42(53(59)67)16-17-44(69-2)52(49)58)71-55(33,37-6-4-3-5-7-37)32-60-38-10-8-36(9-11-38)54(68)62-25-20-35(21-26-62)28-34-18-23-61(24-19-34)47(66)31-70-41-14-12-39(13-15-41)63-27-22-40(64)29-46(63)65/h3-7,12-17,30,33-36,38,60H,8-11,18-29,31-32H2,1-2H3,(H2,59,67)/t33-,36?,38?,55-/m0/s1. The van der Waals surface area contributed by atoms with Gasteiger partial charge in [-0.3, -0.25) is 24.0 Å². The van der Waals surface area contributed by atoms with Gasteiger partial charge >= 0.3 is 0 Å². The first-order valence-corrected chi connectivity index (χ1v) is 25.4. The molecule has 4 amide bonds. The SMILES string of the molecule is COc1ccc(C(N)=O)c(-c2c(Cl)c(F)cc3c2[C@H](C)[C@@](CNC2CCC(C(=O)N4CCC(CC5CCN(C(=O)COc6ccc(N7CCC(=O)CC7=O)cc6)CC5)CC4)CC2)(c2ccccc2)O3)c1F. The van der Waals surface area contributed by atoms with Crippen LogP contribution in [0.3, 0.4) is 0 Å². The van der Waals surface area contributed by atoms with Gasteiger partial charge in [-0.15, -0.1) is 0 Å². The first-order chi connectivity index (χ1) is 34.2. The quantitative estimate of drug-likeness (QED) is 0.118. The number of carbonyl (C=O) groups is 5. The van der Waals surface area contributed by atoms with Crippen molar-refractivity contribution in [3.8, 4) is 28.4 Å². The fourth-order valence-electron chi connectivity index (χ4n) is 11.7. The number of ketones is 1. The molecule has 0 radical (unpaired) electrons. The smallest absolute Gasteiger partial charge is 0.260 e. The van der Waals surface area contributed by atoms with Crippen LogP contribution in [0.2, 0.25) is 5.02 Å². The van der Waals surface area contributed by atoms with E-state index < -0.39 is 29.1 Å². The normalized spacial score (nSPS) is 23.1. The second-order valence-corrected chi connectivity index (χ2v) is 20.3. The maximum absolute atomic E-state index is 16.2. The van der Waals surface area contributed by atoms with Crippen LogP contribution in [0.5, 0.6) is 17.2 Å². The maximum Gasteiger partial charge on any atom is 0.260 e. The highest BCUT2D eigenvalue weighted by atomic mass is 35.5. The van der Waals surface area contributed by atoms with Gasteiger partial charge in [0.15, 0.2) is 23.8 Å². The van der Waals surface area contributed by atoms with Crippen molar-refractivity contribution in [3.05, 3.63) is 106 Å². The second kappa shape index (κ2) is 21.3. The Bertz CT molecular complexity index is 2650. The van der Waals surface area contributed by atoms with E-state index >= 15 is 8.78 Å². The highest BCUT2D eigenvalue weighted by molar-refractivity contribution is 6.34. The van der Waals surface area contributed by atoms with E-state index in [0.29, 0.717) is 61.4 Å². The molecule has 4 heterocycles. The number of hydrogen-bond acceptors (Lipinski definition) is 9. The minimum absolute atomic E-state index is 0.00601. The third kappa shape index (κ3) is 10.4. The van der Waals surface area contributed by atoms with Crippen LogP contribution in [-0.2, 0) is 24.8 Å². The molecule has 71 heavy (non-hydrogen) atoms. The van der Waals surface area contributed by atoms with Gasteiger partial charge in [-0.05, 0) is 112 Å². The number of methoxy groups -OCH3 is 1. The van der Waals surface area contributed by atoms with Gasteiger partial charge in [0, 0.05) is 92.0 Å². The Kier molecular flexibility index (Phi) is 15.0. The number of nitrogens with zero attached hydrogens (tertiary/aromatic N) is 3. The number of amides is 4. The van der Waals surface area contributed by atoms with Crippen LogP contribution in [0.15, 0.2) is 72.8 Å². The average molecular weight is 995 g/mol. The average Bonchev–Trinajstić information content (AvgIpc) is 3.66. The monoisotopic (exact) mass is 993 g/mol. The van der Waals surface area contributed by atoms with Gasteiger partial charge in [0.2, 0.25) is 17.7 Å². The van der Waals surface area contributed by atoms with Crippen LogP contribution in [-0.4, -0.2) is 98.2 Å². The maximum atomic E-state index is 16.2. The van der Waals surface area contributed by atoms with Gasteiger partial charge in [0.05, 0.1) is 24.1 Å². The fourth-order valence-corrected chi connectivity index (χ4v) is 12.0. The molecule has 3 N–H and O–H groups in total. The molecule has 376 valence electrons. The molecule has 0 spiro atoms. The third-order valence-corrected chi connectivity index (χ3v) is 16.2. The van der Waals surface area contributed by atoms with Gasteiger partial charge < -0.3 is 40.0 Å². The number of anilines is 1. The molecular weight excluding hydrogens is 932 g/mol. The third-order valence-electron chi connectivity index (χ3n) is 15.8. The molecule has 1 saturated carbocycles. The predicted molar refractivity (Wildman–Crippen MR) is 265 cm³/mol. The van der Waals surface area contributed by atoms with Crippen molar-refractivity contribution in [3.63, 3.8) is 0 Å². The van der Waals surface area contributed by atoms with Crippen molar-refractivity contribution in [1.82, 2.24) is 15.1 Å². The number of rotatable bonds is 14. The number of primary amides is 1. The molecular formula is C55H62ClF2N5O8. The largest absolute Gasteiger partial charge is 0.494 e. The van der Waals surface area contributed by atoms with Crippen molar-refractivity contribution < 1.29 is 47.0 Å². The molecule has 13 nitrogen and oxygen atoms in total. The lowest BCUT2D eigenvalue weighted by molar-refractivity contribution is -0.138. The van der Waals surface area contributed by atoms with Gasteiger partial charge in [-0.25, -0.2) is 8.78 Å². The van der Waals surface area contributed by atoms with Crippen LogP contribution in [0.4, 0.5) is 14.5 Å². The van der Waals surface area contributed by atoms with Crippen LogP contribution in [0, 0.1) is 29.4 Å². The number of benzene rings is 4. The molecule has 4 aliphatic heterocycles. The highest BCUT2D eigenvalue weighted by Gasteiger charge is 2.50. The van der Waals surface area contributed by atoms with Crippen LogP contribution in [0.25, 0.3) is 11.1 Å². The molecule has 5 aliphatic rings. The van der Waals surface area contributed by atoms with Crippen molar-refractivity contribution >= 4 is 46.7 Å². The fraction of sp³-hybridized carbons (Fsp3) is 0.473. The summed E-state index contributed by atoms with van der Waals surface area (Å²) in [5, 5.41) is 3.39. The Balaban J connectivity index is 0.742. The number of fused-ring (bicyclic) bond motifs is 1. The topological polar surface area (TPSA) is 161 Å². The first-order valence-electron chi connectivity index (χ1n) is 25.0. The lowest BCUT2D eigenvalue weighted by Crippen LogP contribution is -2.49.